The zero-order valence-electron chi connectivity index (χ0n) is 16.8. The minimum absolute atomic E-state index is 0.444. The maximum absolute atomic E-state index is 5.97. The van der Waals surface area contributed by atoms with Gasteiger partial charge in [-0.3, -0.25) is 0 Å². The minimum Gasteiger partial charge on any atom is -0.379 e. The standard InChI is InChI=1S/C10H13ClN2O.C6H5Cl2N.C4H9NO/c1-8-6-9(11)7-10(12-8)13-2-4-14-5-3-13;1-4-2-5(7)3-6(8)9-4;1-3-6-4-2-5-1/h6-7H,2-5H2,1H3;2-3H,1H3;5H,1-4H2. The third-order valence-corrected chi connectivity index (χ3v) is 4.60. The number of aryl methyl sites for hydroxylation is 2. The number of anilines is 1. The predicted octanol–water partition coefficient (Wildman–Crippen LogP) is 4.18. The van der Waals surface area contributed by atoms with Crippen LogP contribution in [0.15, 0.2) is 24.3 Å². The fourth-order valence-corrected chi connectivity index (χ4v) is 3.49. The van der Waals surface area contributed by atoms with Crippen LogP contribution in [0.25, 0.3) is 0 Å². The van der Waals surface area contributed by atoms with Crippen molar-refractivity contribution in [1.29, 1.82) is 0 Å². The zero-order chi connectivity index (χ0) is 21.1. The van der Waals surface area contributed by atoms with Crippen LogP contribution < -0.4 is 10.2 Å². The van der Waals surface area contributed by atoms with E-state index >= 15 is 0 Å². The smallest absolute Gasteiger partial charge is 0.130 e. The second kappa shape index (κ2) is 13.2. The van der Waals surface area contributed by atoms with Gasteiger partial charge in [-0.2, -0.15) is 0 Å². The summed E-state index contributed by atoms with van der Waals surface area (Å²) in [5.41, 5.74) is 1.80. The largest absolute Gasteiger partial charge is 0.379 e. The summed E-state index contributed by atoms with van der Waals surface area (Å²) in [5, 5.41) is 4.99. The lowest BCUT2D eigenvalue weighted by molar-refractivity contribution is 0.109. The van der Waals surface area contributed by atoms with Crippen LogP contribution in [-0.2, 0) is 9.47 Å². The number of halogens is 3. The molecule has 0 atom stereocenters. The zero-order valence-corrected chi connectivity index (χ0v) is 19.0. The monoisotopic (exact) mass is 460 g/mol. The first-order chi connectivity index (χ1) is 13.9. The normalized spacial score (nSPS) is 16.2. The molecule has 2 aliphatic heterocycles. The fraction of sp³-hybridized carbons (Fsp3) is 0.500. The Morgan fingerprint density at radius 3 is 1.79 bits per heavy atom. The highest BCUT2D eigenvalue weighted by atomic mass is 35.5. The Morgan fingerprint density at radius 2 is 1.34 bits per heavy atom. The van der Waals surface area contributed by atoms with Crippen molar-refractivity contribution < 1.29 is 9.47 Å². The van der Waals surface area contributed by atoms with E-state index < -0.39 is 0 Å². The molecule has 2 fully saturated rings. The van der Waals surface area contributed by atoms with Gasteiger partial charge >= 0.3 is 0 Å². The first kappa shape index (κ1) is 24.1. The van der Waals surface area contributed by atoms with Crippen LogP contribution in [0.3, 0.4) is 0 Å². The van der Waals surface area contributed by atoms with Crippen LogP contribution in [0.4, 0.5) is 5.82 Å². The summed E-state index contributed by atoms with van der Waals surface area (Å²) in [6.07, 6.45) is 0. The van der Waals surface area contributed by atoms with Gasteiger partial charge in [-0.25, -0.2) is 9.97 Å². The molecule has 2 aliphatic rings. The number of aromatic nitrogens is 2. The molecule has 9 heteroatoms. The second-order valence-corrected chi connectivity index (χ2v) is 7.76. The summed E-state index contributed by atoms with van der Waals surface area (Å²) in [7, 11) is 0. The van der Waals surface area contributed by atoms with Gasteiger partial charge in [0.15, 0.2) is 0 Å². The van der Waals surface area contributed by atoms with Crippen molar-refractivity contribution in [3.63, 3.8) is 0 Å². The highest BCUT2D eigenvalue weighted by molar-refractivity contribution is 6.33. The first-order valence-corrected chi connectivity index (χ1v) is 10.6. The van der Waals surface area contributed by atoms with E-state index in [0.29, 0.717) is 10.2 Å². The molecule has 0 saturated carbocycles. The maximum atomic E-state index is 5.97. The number of nitrogens with one attached hydrogen (secondary N) is 1. The molecular weight excluding hydrogens is 435 g/mol. The summed E-state index contributed by atoms with van der Waals surface area (Å²) >= 11 is 17.2. The third-order valence-electron chi connectivity index (χ3n) is 3.97. The van der Waals surface area contributed by atoms with Gasteiger partial charge in [0.2, 0.25) is 0 Å². The fourth-order valence-electron chi connectivity index (χ4n) is 2.67. The van der Waals surface area contributed by atoms with Crippen LogP contribution in [-0.4, -0.2) is 62.6 Å². The molecule has 4 heterocycles. The topological polar surface area (TPSA) is 59.5 Å². The number of ether oxygens (including phenoxy) is 2. The Morgan fingerprint density at radius 1 is 0.793 bits per heavy atom. The van der Waals surface area contributed by atoms with E-state index in [1.165, 1.54) is 0 Å². The van der Waals surface area contributed by atoms with Crippen molar-refractivity contribution in [2.45, 2.75) is 13.8 Å². The quantitative estimate of drug-likeness (QED) is 0.643. The van der Waals surface area contributed by atoms with Gasteiger partial charge in [-0.15, -0.1) is 0 Å². The van der Waals surface area contributed by atoms with Gasteiger partial charge in [0, 0.05) is 47.6 Å². The summed E-state index contributed by atoms with van der Waals surface area (Å²) in [6.45, 7) is 11.0. The van der Waals surface area contributed by atoms with E-state index in [1.807, 2.05) is 26.0 Å². The van der Waals surface area contributed by atoms with E-state index in [9.17, 15) is 0 Å². The molecule has 0 spiro atoms. The van der Waals surface area contributed by atoms with Crippen molar-refractivity contribution in [3.8, 4) is 0 Å². The number of pyridine rings is 2. The van der Waals surface area contributed by atoms with Crippen molar-refractivity contribution in [2.75, 3.05) is 57.5 Å². The van der Waals surface area contributed by atoms with Gasteiger partial charge in [-0.05, 0) is 38.1 Å². The lowest BCUT2D eigenvalue weighted by Crippen LogP contribution is -2.36. The van der Waals surface area contributed by atoms with E-state index in [4.69, 9.17) is 44.3 Å². The Labute approximate surface area is 187 Å². The molecule has 4 rings (SSSR count). The number of morpholine rings is 2. The average molecular weight is 462 g/mol. The molecule has 1 N–H and O–H groups in total. The van der Waals surface area contributed by atoms with Gasteiger partial charge in [0.1, 0.15) is 11.0 Å². The van der Waals surface area contributed by atoms with Gasteiger partial charge in [0.25, 0.3) is 0 Å². The van der Waals surface area contributed by atoms with Crippen molar-refractivity contribution >= 4 is 40.6 Å². The number of nitrogens with zero attached hydrogens (tertiary/aromatic N) is 3. The Hall–Kier alpha value is -1.15. The summed E-state index contributed by atoms with van der Waals surface area (Å²) in [6, 6.07) is 7.13. The highest BCUT2D eigenvalue weighted by Crippen LogP contribution is 2.19. The number of hydrogen-bond donors (Lipinski definition) is 1. The van der Waals surface area contributed by atoms with Gasteiger partial charge in [0.05, 0.1) is 26.4 Å². The highest BCUT2D eigenvalue weighted by Gasteiger charge is 2.12. The van der Waals surface area contributed by atoms with E-state index in [1.54, 1.807) is 12.1 Å². The lowest BCUT2D eigenvalue weighted by atomic mass is 10.3. The minimum atomic E-state index is 0.444. The molecule has 160 valence electrons. The SMILES string of the molecule is C1COCCN1.Cc1cc(Cl)cc(Cl)n1.Cc1cc(Cl)cc(N2CCOCC2)n1. The third kappa shape index (κ3) is 9.94. The molecule has 2 aromatic heterocycles. The maximum Gasteiger partial charge on any atom is 0.130 e. The van der Waals surface area contributed by atoms with Crippen LogP contribution >= 0.6 is 34.8 Å². The van der Waals surface area contributed by atoms with Crippen LogP contribution in [0.1, 0.15) is 11.4 Å². The summed E-state index contributed by atoms with van der Waals surface area (Å²) in [4.78, 5) is 10.6. The molecule has 6 nitrogen and oxygen atoms in total. The lowest BCUT2D eigenvalue weighted by Gasteiger charge is -2.28. The molecule has 2 aromatic rings. The Kier molecular flexibility index (Phi) is 11.0. The van der Waals surface area contributed by atoms with Crippen molar-refractivity contribution in [1.82, 2.24) is 15.3 Å². The van der Waals surface area contributed by atoms with Gasteiger partial charge < -0.3 is 19.7 Å². The molecule has 0 aromatic carbocycles. The van der Waals surface area contributed by atoms with Crippen molar-refractivity contribution in [2.24, 2.45) is 0 Å². The molecule has 0 unspecified atom stereocenters. The molecule has 2 saturated heterocycles. The van der Waals surface area contributed by atoms with E-state index in [0.717, 1.165) is 74.8 Å². The number of rotatable bonds is 1. The number of hydrogen-bond acceptors (Lipinski definition) is 6. The Balaban J connectivity index is 0.000000171. The molecular formula is C20H27Cl3N4O2. The van der Waals surface area contributed by atoms with Crippen LogP contribution in [0.5, 0.6) is 0 Å². The molecule has 0 radical (unpaired) electrons. The predicted molar refractivity (Wildman–Crippen MR) is 120 cm³/mol. The van der Waals surface area contributed by atoms with Gasteiger partial charge in [-0.1, -0.05) is 34.8 Å². The second-order valence-electron chi connectivity index (χ2n) is 6.50. The van der Waals surface area contributed by atoms with Crippen molar-refractivity contribution in [3.05, 3.63) is 50.9 Å². The average Bonchev–Trinajstić information content (AvgIpc) is 2.69. The molecule has 29 heavy (non-hydrogen) atoms. The molecule has 0 amide bonds. The molecule has 0 aliphatic carbocycles. The van der Waals surface area contributed by atoms with Crippen LogP contribution in [0.2, 0.25) is 15.2 Å². The summed E-state index contributed by atoms with van der Waals surface area (Å²) < 4.78 is 10.3. The molecule has 0 bridgehead atoms. The first-order valence-electron chi connectivity index (χ1n) is 9.49. The van der Waals surface area contributed by atoms with Crippen LogP contribution in [0, 0.1) is 13.8 Å². The Bertz CT molecular complexity index is 672. The van der Waals surface area contributed by atoms with E-state index in [-0.39, 0.29) is 0 Å². The summed E-state index contributed by atoms with van der Waals surface area (Å²) in [5.74, 6) is 0.957. The van der Waals surface area contributed by atoms with E-state index in [2.05, 4.69) is 20.2 Å².